The fraction of sp³-hybridized carbons (Fsp3) is 0.375. The van der Waals surface area contributed by atoms with E-state index in [1.165, 1.54) is 11.3 Å². The zero-order valence-electron chi connectivity index (χ0n) is 6.45. The molecule has 0 aliphatic carbocycles. The summed E-state index contributed by atoms with van der Waals surface area (Å²) in [5.41, 5.74) is 0. The first-order valence-corrected chi connectivity index (χ1v) is 4.27. The minimum Gasteiger partial charge on any atom is -0.386 e. The lowest BCUT2D eigenvalue weighted by atomic mass is 10.3. The van der Waals surface area contributed by atoms with Gasteiger partial charge in [-0.1, -0.05) is 6.08 Å². The standard InChI is InChI=1S/C8H11NOS/c1-3-4-7(10)8-9-5-6(2)11-8/h3,5,7,10H,1,4H2,2H3. The number of rotatable bonds is 3. The quantitative estimate of drug-likeness (QED) is 0.702. The molecule has 0 aromatic carbocycles. The van der Waals surface area contributed by atoms with E-state index in [2.05, 4.69) is 11.6 Å². The molecule has 1 atom stereocenters. The van der Waals surface area contributed by atoms with Gasteiger partial charge in [0.2, 0.25) is 0 Å². The van der Waals surface area contributed by atoms with Gasteiger partial charge < -0.3 is 5.11 Å². The maximum atomic E-state index is 9.41. The van der Waals surface area contributed by atoms with Crippen molar-refractivity contribution in [2.24, 2.45) is 0 Å². The SMILES string of the molecule is C=CCC(O)c1ncc(C)s1. The number of aromatic nitrogens is 1. The van der Waals surface area contributed by atoms with Crippen LogP contribution < -0.4 is 0 Å². The Bertz CT molecular complexity index is 244. The van der Waals surface area contributed by atoms with Gasteiger partial charge in [0.05, 0.1) is 0 Å². The summed E-state index contributed by atoms with van der Waals surface area (Å²) in [5.74, 6) is 0. The Labute approximate surface area is 70.2 Å². The molecule has 3 heteroatoms. The fourth-order valence-corrected chi connectivity index (χ4v) is 1.56. The molecule has 0 aliphatic heterocycles. The van der Waals surface area contributed by atoms with Gasteiger partial charge in [0.1, 0.15) is 11.1 Å². The Kier molecular flexibility index (Phi) is 2.79. The Morgan fingerprint density at radius 3 is 3.09 bits per heavy atom. The van der Waals surface area contributed by atoms with E-state index in [9.17, 15) is 5.11 Å². The Balaban J connectivity index is 2.67. The second-order valence-corrected chi connectivity index (χ2v) is 3.62. The second-order valence-electron chi connectivity index (χ2n) is 2.35. The van der Waals surface area contributed by atoms with Gasteiger partial charge in [0.15, 0.2) is 0 Å². The highest BCUT2D eigenvalue weighted by Gasteiger charge is 2.08. The average molecular weight is 169 g/mol. The number of hydrogen-bond acceptors (Lipinski definition) is 3. The Morgan fingerprint density at radius 1 is 1.91 bits per heavy atom. The van der Waals surface area contributed by atoms with Gasteiger partial charge in [-0.2, -0.15) is 0 Å². The van der Waals surface area contributed by atoms with Crippen LogP contribution in [0.25, 0.3) is 0 Å². The molecule has 0 fully saturated rings. The highest BCUT2D eigenvalue weighted by Crippen LogP contribution is 2.21. The van der Waals surface area contributed by atoms with E-state index in [0.717, 1.165) is 9.88 Å². The second kappa shape index (κ2) is 3.64. The molecule has 60 valence electrons. The summed E-state index contributed by atoms with van der Waals surface area (Å²) in [7, 11) is 0. The van der Waals surface area contributed by atoms with Crippen LogP contribution in [0.5, 0.6) is 0 Å². The predicted octanol–water partition coefficient (Wildman–Crippen LogP) is 2.06. The number of hydrogen-bond donors (Lipinski definition) is 1. The molecule has 0 amide bonds. The van der Waals surface area contributed by atoms with Crippen molar-refractivity contribution in [3.63, 3.8) is 0 Å². The van der Waals surface area contributed by atoms with Gasteiger partial charge in [0.25, 0.3) is 0 Å². The summed E-state index contributed by atoms with van der Waals surface area (Å²) in [6.07, 6.45) is 3.58. The van der Waals surface area contributed by atoms with E-state index in [1.54, 1.807) is 12.3 Å². The van der Waals surface area contributed by atoms with Crippen molar-refractivity contribution in [3.05, 3.63) is 28.7 Å². The van der Waals surface area contributed by atoms with Crippen molar-refractivity contribution < 1.29 is 5.11 Å². The highest BCUT2D eigenvalue weighted by molar-refractivity contribution is 7.11. The molecule has 0 saturated carbocycles. The number of aliphatic hydroxyl groups excluding tert-OH is 1. The molecule has 2 nitrogen and oxygen atoms in total. The molecule has 0 spiro atoms. The molecule has 11 heavy (non-hydrogen) atoms. The maximum Gasteiger partial charge on any atom is 0.122 e. The summed E-state index contributed by atoms with van der Waals surface area (Å²) >= 11 is 1.53. The van der Waals surface area contributed by atoms with Crippen LogP contribution in [0.4, 0.5) is 0 Å². The largest absolute Gasteiger partial charge is 0.386 e. The van der Waals surface area contributed by atoms with Gasteiger partial charge in [-0.25, -0.2) is 4.98 Å². The topological polar surface area (TPSA) is 33.1 Å². The summed E-state index contributed by atoms with van der Waals surface area (Å²) < 4.78 is 0. The Hall–Kier alpha value is -0.670. The van der Waals surface area contributed by atoms with Crippen LogP contribution in [0.15, 0.2) is 18.9 Å². The van der Waals surface area contributed by atoms with Crippen molar-refractivity contribution >= 4 is 11.3 Å². The van der Waals surface area contributed by atoms with E-state index in [1.807, 2.05) is 6.92 Å². The third-order valence-corrected chi connectivity index (χ3v) is 2.33. The number of aliphatic hydroxyl groups is 1. The lowest BCUT2D eigenvalue weighted by Crippen LogP contribution is -1.93. The van der Waals surface area contributed by atoms with Crippen molar-refractivity contribution in [2.75, 3.05) is 0 Å². The molecule has 0 saturated heterocycles. The number of aryl methyl sites for hydroxylation is 1. The molecular weight excluding hydrogens is 158 g/mol. The minimum atomic E-state index is -0.466. The zero-order chi connectivity index (χ0) is 8.27. The third kappa shape index (κ3) is 2.13. The zero-order valence-corrected chi connectivity index (χ0v) is 7.27. The molecule has 1 N–H and O–H groups in total. The monoisotopic (exact) mass is 169 g/mol. The molecule has 0 bridgehead atoms. The van der Waals surface area contributed by atoms with Gasteiger partial charge in [0, 0.05) is 11.1 Å². The van der Waals surface area contributed by atoms with Crippen molar-refractivity contribution in [3.8, 4) is 0 Å². The molecule has 1 unspecified atom stereocenters. The van der Waals surface area contributed by atoms with Crippen LogP contribution in [-0.2, 0) is 0 Å². The molecule has 0 aliphatic rings. The average Bonchev–Trinajstić information content (AvgIpc) is 2.36. The molecule has 1 heterocycles. The number of nitrogens with zero attached hydrogens (tertiary/aromatic N) is 1. The highest BCUT2D eigenvalue weighted by atomic mass is 32.1. The van der Waals surface area contributed by atoms with E-state index in [0.29, 0.717) is 6.42 Å². The van der Waals surface area contributed by atoms with Gasteiger partial charge in [-0.3, -0.25) is 0 Å². The molecule has 1 rings (SSSR count). The smallest absolute Gasteiger partial charge is 0.122 e. The lowest BCUT2D eigenvalue weighted by molar-refractivity contribution is 0.181. The van der Waals surface area contributed by atoms with Gasteiger partial charge >= 0.3 is 0 Å². The first kappa shape index (κ1) is 8.43. The van der Waals surface area contributed by atoms with Crippen LogP contribution in [0.3, 0.4) is 0 Å². The van der Waals surface area contributed by atoms with Crippen LogP contribution in [0.1, 0.15) is 22.4 Å². The van der Waals surface area contributed by atoms with E-state index in [-0.39, 0.29) is 0 Å². The van der Waals surface area contributed by atoms with Crippen LogP contribution in [0, 0.1) is 6.92 Å². The van der Waals surface area contributed by atoms with Gasteiger partial charge in [-0.15, -0.1) is 17.9 Å². The first-order chi connectivity index (χ1) is 5.24. The summed E-state index contributed by atoms with van der Waals surface area (Å²) in [6, 6.07) is 0. The van der Waals surface area contributed by atoms with E-state index >= 15 is 0 Å². The normalized spacial score (nSPS) is 12.9. The van der Waals surface area contributed by atoms with Crippen LogP contribution in [0.2, 0.25) is 0 Å². The van der Waals surface area contributed by atoms with E-state index < -0.39 is 6.10 Å². The van der Waals surface area contributed by atoms with Crippen molar-refractivity contribution in [2.45, 2.75) is 19.4 Å². The number of thiazole rings is 1. The van der Waals surface area contributed by atoms with Crippen molar-refractivity contribution in [1.29, 1.82) is 0 Å². The molecule has 1 aromatic heterocycles. The van der Waals surface area contributed by atoms with E-state index in [4.69, 9.17) is 0 Å². The molecular formula is C8H11NOS. The van der Waals surface area contributed by atoms with Crippen LogP contribution in [-0.4, -0.2) is 10.1 Å². The van der Waals surface area contributed by atoms with Crippen molar-refractivity contribution in [1.82, 2.24) is 4.98 Å². The summed E-state index contributed by atoms with van der Waals surface area (Å²) in [6.45, 7) is 5.52. The van der Waals surface area contributed by atoms with Gasteiger partial charge in [-0.05, 0) is 13.3 Å². The fourth-order valence-electron chi connectivity index (χ4n) is 0.785. The lowest BCUT2D eigenvalue weighted by Gasteiger charge is -2.01. The van der Waals surface area contributed by atoms with Crippen LogP contribution >= 0.6 is 11.3 Å². The Morgan fingerprint density at radius 2 is 2.64 bits per heavy atom. The summed E-state index contributed by atoms with van der Waals surface area (Å²) in [4.78, 5) is 5.18. The first-order valence-electron chi connectivity index (χ1n) is 3.45. The maximum absolute atomic E-state index is 9.41. The minimum absolute atomic E-state index is 0.466. The molecule has 1 aromatic rings. The molecule has 0 radical (unpaired) electrons. The predicted molar refractivity (Wildman–Crippen MR) is 46.6 cm³/mol. The summed E-state index contributed by atoms with van der Waals surface area (Å²) in [5, 5.41) is 10.2. The third-order valence-electron chi connectivity index (χ3n) is 1.31.